The van der Waals surface area contributed by atoms with Crippen molar-refractivity contribution < 1.29 is 0 Å². The van der Waals surface area contributed by atoms with E-state index in [0.29, 0.717) is 0 Å². The van der Waals surface area contributed by atoms with E-state index in [0.717, 1.165) is 33.6 Å². The first-order valence-corrected chi connectivity index (χ1v) is 17.3. The normalized spacial score (nSPS) is 11.9. The molecule has 0 aliphatic rings. The average molecular weight is 654 g/mol. The van der Waals surface area contributed by atoms with E-state index < -0.39 is 0 Å². The zero-order chi connectivity index (χ0) is 34.3. The number of fused-ring (bicyclic) bond motifs is 6. The largest absolute Gasteiger partial charge is 0.309 e. The van der Waals surface area contributed by atoms with Crippen molar-refractivity contribution >= 4 is 55.4 Å². The minimum atomic E-state index is 0.927. The molecule has 242 valence electrons. The summed E-state index contributed by atoms with van der Waals surface area (Å²) in [4.78, 5) is 4.20. The summed E-state index contributed by atoms with van der Waals surface area (Å²) in [5.74, 6) is 0. The highest BCUT2D eigenvalue weighted by atomic mass is 15.0. The van der Waals surface area contributed by atoms with Gasteiger partial charge in [-0.2, -0.15) is 0 Å². The fourth-order valence-corrected chi connectivity index (χ4v) is 7.49. The lowest BCUT2D eigenvalue weighted by atomic mass is 9.99. The van der Waals surface area contributed by atoms with Crippen LogP contribution in [0.25, 0.3) is 82.8 Å². The van der Waals surface area contributed by atoms with Crippen LogP contribution in [0.15, 0.2) is 188 Å². The van der Waals surface area contributed by atoms with Gasteiger partial charge in [-0.15, -0.1) is 0 Å². The zero-order valence-corrected chi connectivity index (χ0v) is 28.4. The molecule has 3 nitrogen and oxygen atoms in total. The van der Waals surface area contributed by atoms with Gasteiger partial charge in [-0.1, -0.05) is 116 Å². The van der Waals surface area contributed by atoms with E-state index >= 15 is 0 Å². The Morgan fingerprint density at radius 1 is 0.471 bits per heavy atom. The van der Waals surface area contributed by atoms with Gasteiger partial charge in [0.1, 0.15) is 0 Å². The van der Waals surface area contributed by atoms with Crippen LogP contribution in [0.1, 0.15) is 12.5 Å². The van der Waals surface area contributed by atoms with Crippen LogP contribution in [0.3, 0.4) is 0 Å². The predicted octanol–water partition coefficient (Wildman–Crippen LogP) is 12.8. The Hall–Kier alpha value is -6.71. The van der Waals surface area contributed by atoms with Gasteiger partial charge in [-0.25, -0.2) is 0 Å². The van der Waals surface area contributed by atoms with Gasteiger partial charge in [-0.3, -0.25) is 4.99 Å². The molecule has 0 radical (unpaired) electrons. The summed E-state index contributed by atoms with van der Waals surface area (Å²) in [7, 11) is 0. The van der Waals surface area contributed by atoms with Crippen LogP contribution in [-0.2, 0) is 0 Å². The SMILES string of the molecule is C=C(/C=C\N=CC)c1cccc(-c2cccc(-n3c4ccccc4c4ccc(-c5cccc(-n6c7ccccc7c7ccccc76)c5)cc43)c2)c1. The molecule has 0 amide bonds. The van der Waals surface area contributed by atoms with Crippen LogP contribution >= 0.6 is 0 Å². The summed E-state index contributed by atoms with van der Waals surface area (Å²) in [6, 6.07) is 59.3. The molecule has 0 bridgehead atoms. The molecule has 7 aromatic carbocycles. The minimum Gasteiger partial charge on any atom is -0.309 e. The lowest BCUT2D eigenvalue weighted by Crippen LogP contribution is -1.95. The maximum atomic E-state index is 4.27. The summed E-state index contributed by atoms with van der Waals surface area (Å²) in [6.45, 7) is 6.18. The molecule has 0 spiro atoms. The molecule has 0 atom stereocenters. The van der Waals surface area contributed by atoms with E-state index in [2.05, 4.69) is 184 Å². The fourth-order valence-electron chi connectivity index (χ4n) is 7.49. The maximum absolute atomic E-state index is 4.27. The Morgan fingerprint density at radius 3 is 1.51 bits per heavy atom. The Kier molecular flexibility index (Phi) is 7.52. The molecular weight excluding hydrogens is 619 g/mol. The quantitative estimate of drug-likeness (QED) is 0.121. The van der Waals surface area contributed by atoms with Crippen molar-refractivity contribution in [3.05, 3.63) is 188 Å². The first kappa shape index (κ1) is 30.4. The lowest BCUT2D eigenvalue weighted by Gasteiger charge is -2.13. The number of rotatable bonds is 7. The van der Waals surface area contributed by atoms with E-state index in [9.17, 15) is 0 Å². The number of benzene rings is 7. The minimum absolute atomic E-state index is 0.927. The van der Waals surface area contributed by atoms with Gasteiger partial charge in [0.2, 0.25) is 0 Å². The van der Waals surface area contributed by atoms with Crippen LogP contribution in [0.2, 0.25) is 0 Å². The number of para-hydroxylation sites is 3. The Morgan fingerprint density at radius 2 is 0.941 bits per heavy atom. The predicted molar refractivity (Wildman–Crippen MR) is 218 cm³/mol. The van der Waals surface area contributed by atoms with Crippen LogP contribution in [0, 0.1) is 0 Å². The molecule has 9 aromatic rings. The van der Waals surface area contributed by atoms with E-state index in [1.165, 1.54) is 54.7 Å². The van der Waals surface area contributed by atoms with Gasteiger partial charge in [-0.05, 0) is 101 Å². The second-order valence-corrected chi connectivity index (χ2v) is 12.9. The number of hydrogen-bond donors (Lipinski definition) is 0. The van der Waals surface area contributed by atoms with Gasteiger partial charge in [0.05, 0.1) is 22.1 Å². The van der Waals surface area contributed by atoms with Crippen molar-refractivity contribution in [2.45, 2.75) is 6.92 Å². The number of allylic oxidation sites excluding steroid dienone is 2. The molecular formula is C48H35N3. The third kappa shape index (κ3) is 5.27. The fraction of sp³-hybridized carbons (Fsp3) is 0.0208. The zero-order valence-electron chi connectivity index (χ0n) is 28.4. The van der Waals surface area contributed by atoms with Crippen molar-refractivity contribution in [1.29, 1.82) is 0 Å². The monoisotopic (exact) mass is 653 g/mol. The first-order chi connectivity index (χ1) is 25.2. The Balaban J connectivity index is 1.17. The van der Waals surface area contributed by atoms with E-state index in [4.69, 9.17) is 0 Å². The second kappa shape index (κ2) is 12.6. The summed E-state index contributed by atoms with van der Waals surface area (Å²) >= 11 is 0. The molecule has 0 saturated carbocycles. The molecule has 2 aromatic heterocycles. The summed E-state index contributed by atoms with van der Waals surface area (Å²) in [5, 5.41) is 5.00. The number of aromatic nitrogens is 2. The Bertz CT molecular complexity index is 2790. The van der Waals surface area contributed by atoms with Gasteiger partial charge in [0.25, 0.3) is 0 Å². The van der Waals surface area contributed by atoms with E-state index in [1.54, 1.807) is 12.4 Å². The van der Waals surface area contributed by atoms with Gasteiger partial charge >= 0.3 is 0 Å². The van der Waals surface area contributed by atoms with Gasteiger partial charge < -0.3 is 9.13 Å². The Labute approximate surface area is 297 Å². The van der Waals surface area contributed by atoms with E-state index in [1.807, 2.05) is 13.0 Å². The van der Waals surface area contributed by atoms with Crippen LogP contribution in [0.5, 0.6) is 0 Å². The summed E-state index contributed by atoms with van der Waals surface area (Å²) < 4.78 is 4.79. The second-order valence-electron chi connectivity index (χ2n) is 12.9. The van der Waals surface area contributed by atoms with Crippen LogP contribution < -0.4 is 0 Å². The molecule has 0 unspecified atom stereocenters. The molecule has 0 aliphatic heterocycles. The molecule has 2 heterocycles. The van der Waals surface area contributed by atoms with Gasteiger partial charge in [0, 0.05) is 45.3 Å². The highest BCUT2D eigenvalue weighted by Gasteiger charge is 2.16. The third-order valence-corrected chi connectivity index (χ3v) is 9.87. The lowest BCUT2D eigenvalue weighted by molar-refractivity contribution is 1.18. The molecule has 0 fully saturated rings. The molecule has 0 saturated heterocycles. The smallest absolute Gasteiger partial charge is 0.0547 e. The molecule has 0 aliphatic carbocycles. The van der Waals surface area contributed by atoms with Crippen molar-refractivity contribution in [2.75, 3.05) is 0 Å². The van der Waals surface area contributed by atoms with Crippen molar-refractivity contribution in [2.24, 2.45) is 4.99 Å². The third-order valence-electron chi connectivity index (χ3n) is 9.87. The average Bonchev–Trinajstić information content (AvgIpc) is 3.71. The van der Waals surface area contributed by atoms with Gasteiger partial charge in [0.15, 0.2) is 0 Å². The molecule has 3 heteroatoms. The van der Waals surface area contributed by atoms with Crippen LogP contribution in [0.4, 0.5) is 0 Å². The number of nitrogens with zero attached hydrogens (tertiary/aromatic N) is 3. The molecule has 51 heavy (non-hydrogen) atoms. The highest BCUT2D eigenvalue weighted by molar-refractivity contribution is 6.11. The molecule has 9 rings (SSSR count). The van der Waals surface area contributed by atoms with Crippen molar-refractivity contribution in [3.63, 3.8) is 0 Å². The number of hydrogen-bond acceptors (Lipinski definition) is 1. The topological polar surface area (TPSA) is 22.2 Å². The number of aliphatic imine (C=N–C) groups is 1. The highest BCUT2D eigenvalue weighted by Crippen LogP contribution is 2.37. The van der Waals surface area contributed by atoms with Crippen molar-refractivity contribution in [3.8, 4) is 33.6 Å². The standard InChI is InChI=1S/C48H35N3/c1-3-49-28-27-33(2)34-13-10-14-35(29-34)36-15-11-18-40(30-36)51-47-24-9-6-21-43(47)44-26-25-38(32-48(44)51)37-16-12-17-39(31-37)50-45-22-7-4-19-41(45)42-20-5-8-23-46(42)50/h3-32H,2H2,1H3/b28-27-,49-3?. The summed E-state index contributed by atoms with van der Waals surface area (Å²) in [5.41, 5.74) is 13.7. The van der Waals surface area contributed by atoms with Crippen molar-refractivity contribution in [1.82, 2.24) is 9.13 Å². The van der Waals surface area contributed by atoms with Crippen LogP contribution in [-0.4, -0.2) is 15.3 Å². The first-order valence-electron chi connectivity index (χ1n) is 17.3. The molecule has 0 N–H and O–H groups in total. The summed E-state index contributed by atoms with van der Waals surface area (Å²) in [6.07, 6.45) is 5.50. The maximum Gasteiger partial charge on any atom is 0.0547 e. The van der Waals surface area contributed by atoms with E-state index in [-0.39, 0.29) is 0 Å².